The molecule has 0 aliphatic heterocycles. The van der Waals surface area contributed by atoms with Crippen molar-refractivity contribution in [1.82, 2.24) is 14.8 Å². The lowest BCUT2D eigenvalue weighted by Crippen LogP contribution is -2.23. The topological polar surface area (TPSA) is 59.8 Å². The first-order valence-corrected chi connectivity index (χ1v) is 9.88. The van der Waals surface area contributed by atoms with E-state index in [1.165, 1.54) is 43.9 Å². The van der Waals surface area contributed by atoms with Crippen molar-refractivity contribution in [3.8, 4) is 0 Å². The number of hydrogen-bond donors (Lipinski definition) is 1. The lowest BCUT2D eigenvalue weighted by molar-refractivity contribution is -0.115. The number of nitrogens with one attached hydrogen (secondary N) is 1. The third-order valence-corrected chi connectivity index (χ3v) is 5.77. The number of carbonyl (C=O) groups is 1. The monoisotopic (exact) mass is 358 g/mol. The quantitative estimate of drug-likeness (QED) is 0.798. The summed E-state index contributed by atoms with van der Waals surface area (Å²) in [5.74, 6) is 0.937. The number of benzene rings is 1. The Morgan fingerprint density at radius 1 is 1.24 bits per heavy atom. The van der Waals surface area contributed by atoms with Crippen LogP contribution < -0.4 is 5.32 Å². The van der Waals surface area contributed by atoms with Crippen molar-refractivity contribution in [3.63, 3.8) is 0 Å². The molecule has 1 saturated carbocycles. The van der Waals surface area contributed by atoms with Crippen molar-refractivity contribution in [2.24, 2.45) is 0 Å². The number of nitrogens with zero attached hydrogens (tertiary/aromatic N) is 3. The molecule has 134 valence electrons. The highest BCUT2D eigenvalue weighted by Gasteiger charge is 2.24. The molecule has 1 aromatic heterocycles. The Morgan fingerprint density at radius 3 is 2.72 bits per heavy atom. The zero-order valence-electron chi connectivity index (χ0n) is 15.2. The van der Waals surface area contributed by atoms with Gasteiger partial charge in [-0.1, -0.05) is 43.2 Å². The Bertz CT molecular complexity index is 737. The molecule has 2 aromatic rings. The molecule has 25 heavy (non-hydrogen) atoms. The maximum absolute atomic E-state index is 12.5. The van der Waals surface area contributed by atoms with E-state index >= 15 is 0 Å². The van der Waals surface area contributed by atoms with E-state index in [9.17, 15) is 4.79 Å². The van der Waals surface area contributed by atoms with Crippen LogP contribution >= 0.6 is 11.8 Å². The van der Waals surface area contributed by atoms with Gasteiger partial charge in [0.15, 0.2) is 5.16 Å². The SMILES string of the molecule is Cc1cccc(NC(=O)C(C)Sc2nnc(C)n2C2CCCCC2)c1. The van der Waals surface area contributed by atoms with Crippen LogP contribution in [0.25, 0.3) is 0 Å². The summed E-state index contributed by atoms with van der Waals surface area (Å²) in [7, 11) is 0. The van der Waals surface area contributed by atoms with Crippen molar-refractivity contribution in [2.75, 3.05) is 5.32 Å². The second-order valence-corrected chi connectivity index (χ2v) is 8.12. The molecule has 0 bridgehead atoms. The van der Waals surface area contributed by atoms with Crippen LogP contribution in [0.1, 0.15) is 56.5 Å². The lowest BCUT2D eigenvalue weighted by Gasteiger charge is -2.25. The van der Waals surface area contributed by atoms with E-state index in [4.69, 9.17) is 0 Å². The van der Waals surface area contributed by atoms with Crippen molar-refractivity contribution < 1.29 is 4.79 Å². The first kappa shape index (κ1) is 18.0. The van der Waals surface area contributed by atoms with Crippen LogP contribution in [0.5, 0.6) is 0 Å². The molecule has 1 heterocycles. The van der Waals surface area contributed by atoms with Gasteiger partial charge in [0, 0.05) is 11.7 Å². The molecule has 1 aliphatic rings. The molecule has 1 unspecified atom stereocenters. The fourth-order valence-corrected chi connectivity index (χ4v) is 4.33. The number of anilines is 1. The van der Waals surface area contributed by atoms with Gasteiger partial charge in [0.05, 0.1) is 5.25 Å². The van der Waals surface area contributed by atoms with Crippen molar-refractivity contribution in [1.29, 1.82) is 0 Å². The Balaban J connectivity index is 1.68. The van der Waals surface area contributed by atoms with Crippen molar-refractivity contribution >= 4 is 23.4 Å². The summed E-state index contributed by atoms with van der Waals surface area (Å²) in [5.41, 5.74) is 1.97. The Hall–Kier alpha value is -1.82. The normalized spacial score (nSPS) is 16.6. The predicted molar refractivity (Wildman–Crippen MR) is 102 cm³/mol. The van der Waals surface area contributed by atoms with E-state index in [0.717, 1.165) is 22.2 Å². The first-order chi connectivity index (χ1) is 12.0. The van der Waals surface area contributed by atoms with Crippen LogP contribution in [0.3, 0.4) is 0 Å². The highest BCUT2D eigenvalue weighted by atomic mass is 32.2. The number of thioether (sulfide) groups is 1. The van der Waals surface area contributed by atoms with E-state index < -0.39 is 0 Å². The standard InChI is InChI=1S/C19H26N4OS/c1-13-8-7-9-16(12-13)20-18(24)14(2)25-19-22-21-15(3)23(19)17-10-5-4-6-11-17/h7-9,12,14,17H,4-6,10-11H2,1-3H3,(H,20,24). The van der Waals surface area contributed by atoms with E-state index in [-0.39, 0.29) is 11.2 Å². The van der Waals surface area contributed by atoms with E-state index in [1.54, 1.807) is 0 Å². The molecule has 1 amide bonds. The largest absolute Gasteiger partial charge is 0.325 e. The molecule has 1 aliphatic carbocycles. The van der Waals surface area contributed by atoms with Crippen LogP contribution in [0, 0.1) is 13.8 Å². The molecule has 1 aromatic carbocycles. The third-order valence-electron chi connectivity index (χ3n) is 4.71. The van der Waals surface area contributed by atoms with Crippen molar-refractivity contribution in [3.05, 3.63) is 35.7 Å². The van der Waals surface area contributed by atoms with Gasteiger partial charge in [-0.3, -0.25) is 4.79 Å². The molecule has 3 rings (SSSR count). The summed E-state index contributed by atoms with van der Waals surface area (Å²) in [5, 5.41) is 12.2. The Morgan fingerprint density at radius 2 is 2.00 bits per heavy atom. The summed E-state index contributed by atoms with van der Waals surface area (Å²) in [6, 6.07) is 8.33. The molecular formula is C19H26N4OS. The summed E-state index contributed by atoms with van der Waals surface area (Å²) >= 11 is 1.49. The zero-order valence-corrected chi connectivity index (χ0v) is 16.0. The number of carbonyl (C=O) groups excluding carboxylic acids is 1. The minimum Gasteiger partial charge on any atom is -0.325 e. The highest BCUT2D eigenvalue weighted by molar-refractivity contribution is 8.00. The average Bonchev–Trinajstić information content (AvgIpc) is 2.96. The summed E-state index contributed by atoms with van der Waals surface area (Å²) < 4.78 is 2.24. The molecule has 1 fully saturated rings. The predicted octanol–water partition coefficient (Wildman–Crippen LogP) is 4.52. The highest BCUT2D eigenvalue weighted by Crippen LogP contribution is 2.33. The van der Waals surface area contributed by atoms with Crippen LogP contribution in [0.2, 0.25) is 0 Å². The summed E-state index contributed by atoms with van der Waals surface area (Å²) in [4.78, 5) is 12.5. The lowest BCUT2D eigenvalue weighted by atomic mass is 9.95. The first-order valence-electron chi connectivity index (χ1n) is 9.00. The van der Waals surface area contributed by atoms with Gasteiger partial charge in [0.25, 0.3) is 0 Å². The molecule has 0 spiro atoms. The molecule has 6 heteroatoms. The zero-order chi connectivity index (χ0) is 17.8. The smallest absolute Gasteiger partial charge is 0.237 e. The number of amides is 1. The number of aromatic nitrogens is 3. The molecule has 0 saturated heterocycles. The van der Waals surface area contributed by atoms with Crippen LogP contribution in [-0.4, -0.2) is 25.9 Å². The number of rotatable bonds is 5. The summed E-state index contributed by atoms with van der Waals surface area (Å²) in [6.07, 6.45) is 6.19. The minimum absolute atomic E-state index is 0.00792. The fraction of sp³-hybridized carbons (Fsp3) is 0.526. The molecule has 1 N–H and O–H groups in total. The molecule has 1 atom stereocenters. The van der Waals surface area contributed by atoms with Crippen LogP contribution in [0.15, 0.2) is 29.4 Å². The second-order valence-electron chi connectivity index (χ2n) is 6.81. The van der Waals surface area contributed by atoms with Crippen LogP contribution in [0.4, 0.5) is 5.69 Å². The third kappa shape index (κ3) is 4.42. The molecule has 0 radical (unpaired) electrons. The van der Waals surface area contributed by atoms with E-state index in [2.05, 4.69) is 20.1 Å². The van der Waals surface area contributed by atoms with Gasteiger partial charge in [0.2, 0.25) is 5.91 Å². The minimum atomic E-state index is -0.230. The Labute approximate surface area is 153 Å². The fourth-order valence-electron chi connectivity index (χ4n) is 3.37. The van der Waals surface area contributed by atoms with Gasteiger partial charge < -0.3 is 9.88 Å². The number of aryl methyl sites for hydroxylation is 2. The van der Waals surface area contributed by atoms with Crippen LogP contribution in [-0.2, 0) is 4.79 Å². The van der Waals surface area contributed by atoms with Gasteiger partial charge in [0.1, 0.15) is 5.82 Å². The van der Waals surface area contributed by atoms with E-state index in [0.29, 0.717) is 6.04 Å². The van der Waals surface area contributed by atoms with E-state index in [1.807, 2.05) is 45.0 Å². The number of hydrogen-bond acceptors (Lipinski definition) is 4. The summed E-state index contributed by atoms with van der Waals surface area (Å²) in [6.45, 7) is 5.94. The van der Waals surface area contributed by atoms with Gasteiger partial charge in [-0.2, -0.15) is 0 Å². The molecular weight excluding hydrogens is 332 g/mol. The second kappa shape index (κ2) is 8.04. The maximum Gasteiger partial charge on any atom is 0.237 e. The Kier molecular flexibility index (Phi) is 5.78. The van der Waals surface area contributed by atoms with Crippen molar-refractivity contribution in [2.45, 2.75) is 69.3 Å². The average molecular weight is 359 g/mol. The molecule has 5 nitrogen and oxygen atoms in total. The maximum atomic E-state index is 12.5. The van der Waals surface area contributed by atoms with Gasteiger partial charge in [-0.05, 0) is 51.3 Å². The van der Waals surface area contributed by atoms with Gasteiger partial charge in [-0.15, -0.1) is 10.2 Å². The van der Waals surface area contributed by atoms with Gasteiger partial charge >= 0.3 is 0 Å². The van der Waals surface area contributed by atoms with Gasteiger partial charge in [-0.25, -0.2) is 0 Å².